The molecule has 0 saturated carbocycles. The Labute approximate surface area is 131 Å². The normalized spacial score (nSPS) is 23.0. The SMILES string of the molecule is Cc1cc(C)nc([C@@H]2CCN(CC(=O)N3CCOCC3)C2)n1. The molecule has 1 amide bonds. The summed E-state index contributed by atoms with van der Waals surface area (Å²) < 4.78 is 5.29. The molecular weight excluding hydrogens is 280 g/mol. The van der Waals surface area contributed by atoms with Gasteiger partial charge in [-0.15, -0.1) is 0 Å². The molecule has 0 spiro atoms. The number of morpholine rings is 1. The van der Waals surface area contributed by atoms with Crippen LogP contribution in [0.4, 0.5) is 0 Å². The van der Waals surface area contributed by atoms with Crippen molar-refractivity contribution in [2.45, 2.75) is 26.2 Å². The summed E-state index contributed by atoms with van der Waals surface area (Å²) in [4.78, 5) is 25.6. The summed E-state index contributed by atoms with van der Waals surface area (Å²) in [6.45, 7) is 9.08. The highest BCUT2D eigenvalue weighted by molar-refractivity contribution is 5.78. The maximum absolute atomic E-state index is 12.3. The molecule has 2 saturated heterocycles. The topological polar surface area (TPSA) is 58.6 Å². The van der Waals surface area contributed by atoms with Crippen LogP contribution in [-0.4, -0.2) is 71.6 Å². The second kappa shape index (κ2) is 6.71. The molecule has 6 nitrogen and oxygen atoms in total. The van der Waals surface area contributed by atoms with Crippen molar-refractivity contribution in [3.8, 4) is 0 Å². The van der Waals surface area contributed by atoms with E-state index in [0.717, 1.165) is 49.8 Å². The van der Waals surface area contributed by atoms with E-state index >= 15 is 0 Å². The third kappa shape index (κ3) is 3.62. The van der Waals surface area contributed by atoms with Gasteiger partial charge in [0.1, 0.15) is 5.82 Å². The van der Waals surface area contributed by atoms with Gasteiger partial charge in [-0.3, -0.25) is 9.69 Å². The Bertz CT molecular complexity index is 523. The molecule has 2 aliphatic heterocycles. The van der Waals surface area contributed by atoms with Crippen molar-refractivity contribution in [3.63, 3.8) is 0 Å². The summed E-state index contributed by atoms with van der Waals surface area (Å²) in [5.41, 5.74) is 2.04. The van der Waals surface area contributed by atoms with Gasteiger partial charge in [0.15, 0.2) is 0 Å². The summed E-state index contributed by atoms with van der Waals surface area (Å²) >= 11 is 0. The van der Waals surface area contributed by atoms with Gasteiger partial charge in [-0.2, -0.15) is 0 Å². The summed E-state index contributed by atoms with van der Waals surface area (Å²) in [6, 6.07) is 2.00. The maximum atomic E-state index is 12.3. The molecule has 1 aromatic heterocycles. The van der Waals surface area contributed by atoms with E-state index in [1.54, 1.807) is 0 Å². The first-order valence-corrected chi connectivity index (χ1v) is 8.02. The maximum Gasteiger partial charge on any atom is 0.236 e. The van der Waals surface area contributed by atoms with Crippen LogP contribution >= 0.6 is 0 Å². The zero-order valence-corrected chi connectivity index (χ0v) is 13.4. The minimum Gasteiger partial charge on any atom is -0.378 e. The third-order valence-electron chi connectivity index (χ3n) is 4.36. The quantitative estimate of drug-likeness (QED) is 0.824. The summed E-state index contributed by atoms with van der Waals surface area (Å²) in [7, 11) is 0. The van der Waals surface area contributed by atoms with Gasteiger partial charge in [0.05, 0.1) is 19.8 Å². The van der Waals surface area contributed by atoms with Crippen molar-refractivity contribution >= 4 is 5.91 Å². The van der Waals surface area contributed by atoms with E-state index in [1.807, 2.05) is 24.8 Å². The van der Waals surface area contributed by atoms with E-state index in [9.17, 15) is 4.79 Å². The number of likely N-dealkylation sites (tertiary alicyclic amines) is 1. The molecule has 2 aliphatic rings. The molecule has 0 aliphatic carbocycles. The molecule has 2 fully saturated rings. The molecule has 0 bridgehead atoms. The second-order valence-electron chi connectivity index (χ2n) is 6.22. The van der Waals surface area contributed by atoms with Gasteiger partial charge in [0, 0.05) is 36.9 Å². The Morgan fingerprint density at radius 2 is 1.91 bits per heavy atom. The molecule has 3 heterocycles. The molecule has 0 aromatic carbocycles. The van der Waals surface area contributed by atoms with Crippen LogP contribution in [0, 0.1) is 13.8 Å². The smallest absolute Gasteiger partial charge is 0.236 e. The van der Waals surface area contributed by atoms with E-state index in [0.29, 0.717) is 25.7 Å². The van der Waals surface area contributed by atoms with E-state index in [-0.39, 0.29) is 5.91 Å². The molecular formula is C16H24N4O2. The number of carbonyl (C=O) groups is 1. The Kier molecular flexibility index (Phi) is 4.69. The number of carbonyl (C=O) groups excluding carboxylic acids is 1. The van der Waals surface area contributed by atoms with Crippen molar-refractivity contribution in [2.24, 2.45) is 0 Å². The van der Waals surface area contributed by atoms with Gasteiger partial charge < -0.3 is 9.64 Å². The van der Waals surface area contributed by atoms with Crippen LogP contribution in [0.1, 0.15) is 29.6 Å². The highest BCUT2D eigenvalue weighted by Crippen LogP contribution is 2.25. The number of amides is 1. The third-order valence-corrected chi connectivity index (χ3v) is 4.36. The van der Waals surface area contributed by atoms with Crippen molar-refractivity contribution in [1.29, 1.82) is 0 Å². The lowest BCUT2D eigenvalue weighted by Crippen LogP contribution is -2.45. The fraction of sp³-hybridized carbons (Fsp3) is 0.688. The standard InChI is InChI=1S/C16H24N4O2/c1-12-9-13(2)18-16(17-12)14-3-4-19(10-14)11-15(21)20-5-7-22-8-6-20/h9,14H,3-8,10-11H2,1-2H3/t14-/m1/s1. The van der Waals surface area contributed by atoms with Crippen LogP contribution in [-0.2, 0) is 9.53 Å². The average Bonchev–Trinajstić information content (AvgIpc) is 2.96. The Morgan fingerprint density at radius 3 is 2.59 bits per heavy atom. The van der Waals surface area contributed by atoms with Crippen LogP contribution in [0.3, 0.4) is 0 Å². The van der Waals surface area contributed by atoms with Crippen LogP contribution in [0.25, 0.3) is 0 Å². The molecule has 0 radical (unpaired) electrons. The number of rotatable bonds is 3. The molecule has 1 aromatic rings. The number of ether oxygens (including phenoxy) is 1. The van der Waals surface area contributed by atoms with Crippen molar-refractivity contribution in [1.82, 2.24) is 19.8 Å². The van der Waals surface area contributed by atoms with Gasteiger partial charge in [-0.1, -0.05) is 0 Å². The van der Waals surface area contributed by atoms with E-state index in [4.69, 9.17) is 4.74 Å². The minimum absolute atomic E-state index is 0.213. The molecule has 120 valence electrons. The summed E-state index contributed by atoms with van der Waals surface area (Å²) in [5, 5.41) is 0. The van der Waals surface area contributed by atoms with Crippen LogP contribution in [0.2, 0.25) is 0 Å². The molecule has 6 heteroatoms. The first kappa shape index (κ1) is 15.4. The average molecular weight is 304 g/mol. The predicted molar refractivity (Wildman–Crippen MR) is 82.7 cm³/mol. The van der Waals surface area contributed by atoms with Gasteiger partial charge in [0.25, 0.3) is 0 Å². The summed E-state index contributed by atoms with van der Waals surface area (Å²) in [6.07, 6.45) is 1.03. The van der Waals surface area contributed by atoms with Crippen molar-refractivity contribution < 1.29 is 9.53 Å². The lowest BCUT2D eigenvalue weighted by molar-refractivity contribution is -0.136. The molecule has 22 heavy (non-hydrogen) atoms. The number of hydrogen-bond donors (Lipinski definition) is 0. The fourth-order valence-corrected chi connectivity index (χ4v) is 3.23. The second-order valence-corrected chi connectivity index (χ2v) is 6.22. The first-order valence-electron chi connectivity index (χ1n) is 8.02. The predicted octanol–water partition coefficient (Wildman–Crippen LogP) is 0.742. The Hall–Kier alpha value is -1.53. The highest BCUT2D eigenvalue weighted by Gasteiger charge is 2.29. The Morgan fingerprint density at radius 1 is 1.23 bits per heavy atom. The fourth-order valence-electron chi connectivity index (χ4n) is 3.23. The lowest BCUT2D eigenvalue weighted by atomic mass is 10.1. The van der Waals surface area contributed by atoms with Gasteiger partial charge in [-0.25, -0.2) is 9.97 Å². The van der Waals surface area contributed by atoms with Crippen LogP contribution in [0.5, 0.6) is 0 Å². The first-order chi connectivity index (χ1) is 10.6. The van der Waals surface area contributed by atoms with E-state index in [2.05, 4.69) is 14.9 Å². The summed E-state index contributed by atoms with van der Waals surface area (Å²) in [5.74, 6) is 1.49. The van der Waals surface area contributed by atoms with Gasteiger partial charge in [-0.05, 0) is 32.9 Å². The lowest BCUT2D eigenvalue weighted by Gasteiger charge is -2.28. The molecule has 1 atom stereocenters. The Balaban J connectivity index is 1.56. The van der Waals surface area contributed by atoms with Crippen LogP contribution < -0.4 is 0 Å². The largest absolute Gasteiger partial charge is 0.378 e. The van der Waals surface area contributed by atoms with Crippen molar-refractivity contribution in [2.75, 3.05) is 45.9 Å². The monoisotopic (exact) mass is 304 g/mol. The molecule has 0 unspecified atom stereocenters. The zero-order chi connectivity index (χ0) is 15.5. The number of hydrogen-bond acceptors (Lipinski definition) is 5. The minimum atomic E-state index is 0.213. The van der Waals surface area contributed by atoms with Gasteiger partial charge >= 0.3 is 0 Å². The van der Waals surface area contributed by atoms with E-state index < -0.39 is 0 Å². The zero-order valence-electron chi connectivity index (χ0n) is 13.4. The molecule has 0 N–H and O–H groups in total. The number of aromatic nitrogens is 2. The number of nitrogens with zero attached hydrogens (tertiary/aromatic N) is 4. The van der Waals surface area contributed by atoms with E-state index in [1.165, 1.54) is 0 Å². The van der Waals surface area contributed by atoms with Gasteiger partial charge in [0.2, 0.25) is 5.91 Å². The van der Waals surface area contributed by atoms with Crippen LogP contribution in [0.15, 0.2) is 6.07 Å². The highest BCUT2D eigenvalue weighted by atomic mass is 16.5. The number of aryl methyl sites for hydroxylation is 2. The van der Waals surface area contributed by atoms with Crippen molar-refractivity contribution in [3.05, 3.63) is 23.3 Å². The molecule has 3 rings (SSSR count).